The van der Waals surface area contributed by atoms with Crippen LogP contribution >= 0.6 is 0 Å². The molecule has 3 aliphatic rings. The van der Waals surface area contributed by atoms with Crippen LogP contribution in [0.4, 0.5) is 4.39 Å². The first-order valence-corrected chi connectivity index (χ1v) is 7.84. The second kappa shape index (κ2) is 5.59. The molecule has 0 atom stereocenters. The summed E-state index contributed by atoms with van der Waals surface area (Å²) in [5.74, 6) is 5.03. The Morgan fingerprint density at radius 3 is 2.52 bits per heavy atom. The van der Waals surface area contributed by atoms with Gasteiger partial charge in [-0.05, 0) is 30.9 Å². The normalized spacial score (nSPS) is 24.1. The summed E-state index contributed by atoms with van der Waals surface area (Å²) in [6, 6.07) is 2.89. The molecule has 0 aromatic carbocycles. The monoisotopic (exact) mass is 316 g/mol. The Kier molecular flexibility index (Phi) is 3.55. The van der Waals surface area contributed by atoms with Crippen LogP contribution in [0.25, 0.3) is 0 Å². The minimum Gasteiger partial charge on any atom is -0.388 e. The molecule has 1 saturated carbocycles. The van der Waals surface area contributed by atoms with E-state index < -0.39 is 11.7 Å². The molecule has 0 unspecified atom stereocenters. The summed E-state index contributed by atoms with van der Waals surface area (Å²) in [4.78, 5) is 9.28. The van der Waals surface area contributed by atoms with Gasteiger partial charge in [0.15, 0.2) is 5.79 Å². The van der Waals surface area contributed by atoms with E-state index in [9.17, 15) is 4.39 Å². The third kappa shape index (κ3) is 2.94. The molecule has 0 radical (unpaired) electrons. The van der Waals surface area contributed by atoms with Gasteiger partial charge in [0, 0.05) is 31.0 Å². The molecule has 2 aliphatic heterocycles. The van der Waals surface area contributed by atoms with Gasteiger partial charge in [-0.25, -0.2) is 4.98 Å². The van der Waals surface area contributed by atoms with Gasteiger partial charge >= 0.3 is 0 Å². The fourth-order valence-corrected chi connectivity index (χ4v) is 3.32. The highest BCUT2D eigenvalue weighted by atomic mass is 19.1. The summed E-state index contributed by atoms with van der Waals surface area (Å²) in [7, 11) is 0. The van der Waals surface area contributed by atoms with Crippen molar-refractivity contribution in [1.29, 1.82) is 0 Å². The zero-order valence-electron chi connectivity index (χ0n) is 12.7. The highest BCUT2D eigenvalue weighted by Gasteiger charge is 2.50. The molecule has 1 aromatic rings. The van der Waals surface area contributed by atoms with Gasteiger partial charge in [-0.3, -0.25) is 0 Å². The molecule has 120 valence electrons. The van der Waals surface area contributed by atoms with Crippen LogP contribution in [0.2, 0.25) is 0 Å². The van der Waals surface area contributed by atoms with Crippen LogP contribution in [-0.4, -0.2) is 35.3 Å². The molecule has 23 heavy (non-hydrogen) atoms. The summed E-state index contributed by atoms with van der Waals surface area (Å²) < 4.78 is 24.3. The number of hydrogen-bond acceptors (Lipinski definition) is 5. The van der Waals surface area contributed by atoms with Crippen molar-refractivity contribution < 1.29 is 18.7 Å². The van der Waals surface area contributed by atoms with Crippen molar-refractivity contribution in [1.82, 2.24) is 4.98 Å². The van der Waals surface area contributed by atoms with Crippen molar-refractivity contribution >= 4 is 5.71 Å². The number of ether oxygens (including phenoxy) is 2. The second-order valence-corrected chi connectivity index (χ2v) is 6.22. The Balaban J connectivity index is 1.39. The van der Waals surface area contributed by atoms with Gasteiger partial charge < -0.3 is 14.3 Å². The van der Waals surface area contributed by atoms with E-state index >= 15 is 0 Å². The molecule has 0 N–H and O–H groups in total. The minimum absolute atomic E-state index is 0.272. The maximum atomic E-state index is 12.8. The summed E-state index contributed by atoms with van der Waals surface area (Å²) in [5, 5.41) is 4.13. The summed E-state index contributed by atoms with van der Waals surface area (Å²) in [6.07, 6.45) is 5.45. The lowest BCUT2D eigenvalue weighted by molar-refractivity contribution is -0.206. The molecule has 5 nitrogen and oxygen atoms in total. The molecular formula is C17H17FN2O3. The second-order valence-electron chi connectivity index (χ2n) is 6.22. The maximum absolute atomic E-state index is 12.8. The van der Waals surface area contributed by atoms with E-state index in [1.165, 1.54) is 12.3 Å². The topological polar surface area (TPSA) is 52.9 Å². The number of pyridine rings is 1. The number of hydrogen-bond donors (Lipinski definition) is 0. The van der Waals surface area contributed by atoms with Crippen molar-refractivity contribution in [3.63, 3.8) is 0 Å². The highest BCUT2D eigenvalue weighted by molar-refractivity contribution is 6.01. The van der Waals surface area contributed by atoms with E-state index in [2.05, 4.69) is 22.0 Å². The third-order valence-electron chi connectivity index (χ3n) is 4.65. The molecule has 0 amide bonds. The summed E-state index contributed by atoms with van der Waals surface area (Å²) in [5.41, 5.74) is 1.11. The molecule has 6 heteroatoms. The van der Waals surface area contributed by atoms with Gasteiger partial charge in [0.2, 0.25) is 5.95 Å². The first kappa shape index (κ1) is 14.6. The van der Waals surface area contributed by atoms with E-state index in [4.69, 9.17) is 14.3 Å². The van der Waals surface area contributed by atoms with E-state index in [0.717, 1.165) is 31.4 Å². The van der Waals surface area contributed by atoms with Crippen LogP contribution in [0.1, 0.15) is 37.7 Å². The number of rotatable bonds is 0. The largest absolute Gasteiger partial charge is 0.388 e. The smallest absolute Gasteiger partial charge is 0.212 e. The third-order valence-corrected chi connectivity index (χ3v) is 4.65. The number of oxime groups is 1. The van der Waals surface area contributed by atoms with Gasteiger partial charge in [-0.15, -0.1) is 0 Å². The minimum atomic E-state index is -0.511. The Hall–Kier alpha value is -1.97. The zero-order valence-corrected chi connectivity index (χ0v) is 12.7. The molecule has 2 spiro atoms. The van der Waals surface area contributed by atoms with Crippen LogP contribution in [0.3, 0.4) is 0 Å². The lowest BCUT2D eigenvalue weighted by Gasteiger charge is -2.39. The van der Waals surface area contributed by atoms with Crippen molar-refractivity contribution in [3.05, 3.63) is 29.8 Å². The Labute approximate surface area is 133 Å². The van der Waals surface area contributed by atoms with Crippen LogP contribution in [0.15, 0.2) is 23.5 Å². The molecule has 1 saturated heterocycles. The standard InChI is InChI=1S/C17H17FN2O3/c18-15-4-2-13(12-19-15)1-3-14-11-16(23-20-14)5-7-17(8-6-16)21-9-10-22-17/h2,4,12H,5-11H2. The van der Waals surface area contributed by atoms with E-state index in [-0.39, 0.29) is 5.60 Å². The molecule has 3 heterocycles. The molecule has 1 aromatic heterocycles. The highest BCUT2D eigenvalue weighted by Crippen LogP contribution is 2.45. The van der Waals surface area contributed by atoms with Crippen LogP contribution in [0, 0.1) is 17.8 Å². The van der Waals surface area contributed by atoms with Gasteiger partial charge in [-0.1, -0.05) is 11.1 Å². The van der Waals surface area contributed by atoms with E-state index in [1.54, 1.807) is 6.07 Å². The average Bonchev–Trinajstić information content (AvgIpc) is 3.18. The predicted molar refractivity (Wildman–Crippen MR) is 80.0 cm³/mol. The maximum Gasteiger partial charge on any atom is 0.212 e. The summed E-state index contributed by atoms with van der Waals surface area (Å²) >= 11 is 0. The fourth-order valence-electron chi connectivity index (χ4n) is 3.32. The Bertz CT molecular complexity index is 674. The number of nitrogens with zero attached hydrogens (tertiary/aromatic N) is 2. The SMILES string of the molecule is Fc1ccc(C#CC2=NOC3(CCC4(CC3)OCCO4)C2)cn1. The number of halogens is 1. The van der Waals surface area contributed by atoms with Gasteiger partial charge in [0.25, 0.3) is 0 Å². The Morgan fingerprint density at radius 1 is 1.04 bits per heavy atom. The van der Waals surface area contributed by atoms with Crippen molar-refractivity contribution in [2.24, 2.45) is 5.16 Å². The molecular weight excluding hydrogens is 299 g/mol. The van der Waals surface area contributed by atoms with Crippen molar-refractivity contribution in [2.45, 2.75) is 43.5 Å². The summed E-state index contributed by atoms with van der Waals surface area (Å²) in [6.45, 7) is 1.35. The van der Waals surface area contributed by atoms with Gasteiger partial charge in [0.1, 0.15) is 11.3 Å². The molecule has 1 aliphatic carbocycles. The fraction of sp³-hybridized carbons (Fsp3) is 0.529. The van der Waals surface area contributed by atoms with Gasteiger partial charge in [0.05, 0.1) is 13.2 Å². The van der Waals surface area contributed by atoms with Gasteiger partial charge in [-0.2, -0.15) is 4.39 Å². The molecule has 0 bridgehead atoms. The quantitative estimate of drug-likeness (QED) is 0.545. The predicted octanol–water partition coefficient (Wildman–Crippen LogP) is 2.40. The van der Waals surface area contributed by atoms with E-state index in [0.29, 0.717) is 25.2 Å². The first-order chi connectivity index (χ1) is 11.2. The van der Waals surface area contributed by atoms with E-state index in [1.807, 2.05) is 0 Å². The van der Waals surface area contributed by atoms with Crippen LogP contribution in [-0.2, 0) is 14.3 Å². The van der Waals surface area contributed by atoms with Crippen LogP contribution < -0.4 is 0 Å². The molecule has 4 rings (SSSR count). The number of aromatic nitrogens is 1. The first-order valence-electron chi connectivity index (χ1n) is 7.84. The van der Waals surface area contributed by atoms with Crippen molar-refractivity contribution in [3.8, 4) is 11.8 Å². The zero-order chi connectivity index (χ0) is 15.8. The van der Waals surface area contributed by atoms with Crippen LogP contribution in [0.5, 0.6) is 0 Å². The Morgan fingerprint density at radius 2 is 1.83 bits per heavy atom. The lowest BCUT2D eigenvalue weighted by atomic mass is 9.78. The molecule has 2 fully saturated rings. The van der Waals surface area contributed by atoms with Crippen molar-refractivity contribution in [2.75, 3.05) is 13.2 Å². The lowest BCUT2D eigenvalue weighted by Crippen LogP contribution is -2.43. The average molecular weight is 316 g/mol.